The largest absolute Gasteiger partial charge is 0.493 e. The minimum atomic E-state index is 0.364. The lowest BCUT2D eigenvalue weighted by Crippen LogP contribution is -2.41. The smallest absolute Gasteiger partial charge is 0.216 e. The molecule has 2 aromatic heterocycles. The molecule has 0 unspecified atom stereocenters. The highest BCUT2D eigenvalue weighted by molar-refractivity contribution is 6.29. The molecule has 0 atom stereocenters. The topological polar surface area (TPSA) is 53.7 Å². The van der Waals surface area contributed by atoms with Crippen molar-refractivity contribution in [3.05, 3.63) is 70.6 Å². The number of rotatable bonds is 7. The van der Waals surface area contributed by atoms with E-state index in [-0.39, 0.29) is 0 Å². The maximum Gasteiger partial charge on any atom is 0.216 e. The molecule has 4 aromatic rings. The summed E-state index contributed by atoms with van der Waals surface area (Å²) in [5.41, 5.74) is 5.84. The van der Waals surface area contributed by atoms with Crippen molar-refractivity contribution in [2.45, 2.75) is 32.9 Å². The summed E-state index contributed by atoms with van der Waals surface area (Å²) in [5.74, 6) is 2.92. The fourth-order valence-corrected chi connectivity index (χ4v) is 5.00. The van der Waals surface area contributed by atoms with Crippen LogP contribution in [0, 0.1) is 0 Å². The summed E-state index contributed by atoms with van der Waals surface area (Å²) >= 11 is 5.94. The molecule has 35 heavy (non-hydrogen) atoms. The van der Waals surface area contributed by atoms with E-state index < -0.39 is 0 Å². The van der Waals surface area contributed by atoms with E-state index in [4.69, 9.17) is 30.5 Å². The lowest BCUT2D eigenvalue weighted by Gasteiger charge is -2.22. The summed E-state index contributed by atoms with van der Waals surface area (Å²) in [6, 6.07) is 12.0. The Morgan fingerprint density at radius 1 is 0.943 bits per heavy atom. The summed E-state index contributed by atoms with van der Waals surface area (Å²) in [7, 11) is 5.02. The van der Waals surface area contributed by atoms with Crippen LogP contribution in [0.2, 0.25) is 5.15 Å². The first-order chi connectivity index (χ1) is 17.1. The molecule has 1 aliphatic heterocycles. The monoisotopic (exact) mass is 491 g/mol. The van der Waals surface area contributed by atoms with Crippen LogP contribution in [0.5, 0.6) is 23.0 Å². The molecule has 0 saturated heterocycles. The first-order valence-corrected chi connectivity index (χ1v) is 12.0. The number of aromatic nitrogens is 2. The van der Waals surface area contributed by atoms with Crippen LogP contribution in [0.1, 0.15) is 23.6 Å². The molecule has 2 aromatic carbocycles. The van der Waals surface area contributed by atoms with Gasteiger partial charge in [0, 0.05) is 29.1 Å². The Morgan fingerprint density at radius 3 is 2.40 bits per heavy atom. The predicted molar refractivity (Wildman–Crippen MR) is 136 cm³/mol. The number of hydrogen-bond donors (Lipinski definition) is 0. The molecule has 6 nitrogen and oxygen atoms in total. The van der Waals surface area contributed by atoms with Gasteiger partial charge >= 0.3 is 0 Å². The minimum Gasteiger partial charge on any atom is -0.493 e. The van der Waals surface area contributed by atoms with Crippen molar-refractivity contribution in [1.82, 2.24) is 4.98 Å². The van der Waals surface area contributed by atoms with Crippen LogP contribution < -0.4 is 23.5 Å². The van der Waals surface area contributed by atoms with Crippen LogP contribution in [0.25, 0.3) is 22.0 Å². The minimum absolute atomic E-state index is 0.364. The average molecular weight is 492 g/mol. The van der Waals surface area contributed by atoms with Crippen LogP contribution in [0.4, 0.5) is 0 Å². The molecule has 7 heteroatoms. The van der Waals surface area contributed by atoms with E-state index in [9.17, 15) is 0 Å². The molecule has 0 N–H and O–H groups in total. The van der Waals surface area contributed by atoms with Crippen LogP contribution >= 0.6 is 11.6 Å². The maximum atomic E-state index is 6.34. The lowest BCUT2D eigenvalue weighted by molar-refractivity contribution is -0.686. The number of halogens is 1. The van der Waals surface area contributed by atoms with Gasteiger partial charge in [-0.3, -0.25) is 0 Å². The van der Waals surface area contributed by atoms with Crippen molar-refractivity contribution < 1.29 is 23.5 Å². The molecule has 180 valence electrons. The molecule has 0 fully saturated rings. The highest BCUT2D eigenvalue weighted by atomic mass is 35.5. The quantitative estimate of drug-likeness (QED) is 0.250. The second-order valence-electron chi connectivity index (χ2n) is 8.45. The van der Waals surface area contributed by atoms with E-state index in [0.717, 1.165) is 53.0 Å². The molecule has 0 saturated carbocycles. The third-order valence-electron chi connectivity index (χ3n) is 6.57. The van der Waals surface area contributed by atoms with Crippen LogP contribution in [-0.4, -0.2) is 26.3 Å². The molecule has 0 bridgehead atoms. The number of fused-ring (bicyclic) bond motifs is 4. The number of ether oxygens (including phenoxy) is 4. The van der Waals surface area contributed by atoms with Gasteiger partial charge in [0.2, 0.25) is 5.69 Å². The summed E-state index contributed by atoms with van der Waals surface area (Å²) in [6.45, 7) is 3.41. The Bertz CT molecular complexity index is 1400. The zero-order valence-corrected chi connectivity index (χ0v) is 21.1. The van der Waals surface area contributed by atoms with E-state index in [1.54, 1.807) is 33.6 Å². The first-order valence-electron chi connectivity index (χ1n) is 11.6. The van der Waals surface area contributed by atoms with Gasteiger partial charge in [-0.1, -0.05) is 24.6 Å². The second kappa shape index (κ2) is 9.62. The standard InChI is InChI=1S/C28H28ClN2O4/c1-5-19-20-7-8-23(32-2)28(35-16-17-6-9-26(29)30-14-17)22(20)15-31-11-10-18-12-24(33-3)25(34-4)13-21(18)27(19)31/h6-9,12-15H,5,10-11,16H2,1-4H3/q+1. The molecule has 0 spiro atoms. The number of aryl methyl sites for hydroxylation is 3. The van der Waals surface area contributed by atoms with Crippen molar-refractivity contribution in [3.63, 3.8) is 0 Å². The summed E-state index contributed by atoms with van der Waals surface area (Å²) in [4.78, 5) is 4.16. The zero-order chi connectivity index (χ0) is 24.5. The van der Waals surface area contributed by atoms with Gasteiger partial charge in [0.1, 0.15) is 11.8 Å². The lowest BCUT2D eigenvalue weighted by atomic mass is 9.90. The maximum absolute atomic E-state index is 6.34. The molecular formula is C28H28ClN2O4+. The molecule has 0 amide bonds. The van der Waals surface area contributed by atoms with Gasteiger partial charge in [-0.15, -0.1) is 0 Å². The highest BCUT2D eigenvalue weighted by Crippen LogP contribution is 2.42. The summed E-state index contributed by atoms with van der Waals surface area (Å²) in [5, 5.41) is 2.63. The van der Waals surface area contributed by atoms with Crippen LogP contribution in [-0.2, 0) is 26.0 Å². The number of pyridine rings is 2. The normalized spacial score (nSPS) is 12.1. The van der Waals surface area contributed by atoms with Crippen molar-refractivity contribution in [1.29, 1.82) is 0 Å². The molecular weight excluding hydrogens is 464 g/mol. The van der Waals surface area contributed by atoms with Gasteiger partial charge < -0.3 is 18.9 Å². The van der Waals surface area contributed by atoms with Crippen LogP contribution in [0.15, 0.2) is 48.8 Å². The number of methoxy groups -OCH3 is 3. The van der Waals surface area contributed by atoms with Gasteiger partial charge in [0.25, 0.3) is 0 Å². The Balaban J connectivity index is 1.67. The van der Waals surface area contributed by atoms with Gasteiger partial charge in [-0.2, -0.15) is 4.57 Å². The average Bonchev–Trinajstić information content (AvgIpc) is 2.90. The van der Waals surface area contributed by atoms with Crippen molar-refractivity contribution in [2.24, 2.45) is 0 Å². The predicted octanol–water partition coefficient (Wildman–Crippen LogP) is 5.57. The zero-order valence-electron chi connectivity index (χ0n) is 20.4. The Hall–Kier alpha value is -3.51. The van der Waals surface area contributed by atoms with E-state index >= 15 is 0 Å². The molecule has 0 aliphatic carbocycles. The molecule has 0 radical (unpaired) electrons. The van der Waals surface area contributed by atoms with Crippen molar-refractivity contribution >= 4 is 22.4 Å². The van der Waals surface area contributed by atoms with Crippen molar-refractivity contribution in [2.75, 3.05) is 21.3 Å². The number of benzene rings is 2. The Morgan fingerprint density at radius 2 is 1.71 bits per heavy atom. The summed E-state index contributed by atoms with van der Waals surface area (Å²) in [6.07, 6.45) is 5.68. The van der Waals surface area contributed by atoms with Crippen molar-refractivity contribution in [3.8, 4) is 34.3 Å². The van der Waals surface area contributed by atoms with E-state index in [1.165, 1.54) is 22.4 Å². The third kappa shape index (κ3) is 4.12. The molecule has 1 aliphatic rings. The Kier molecular flexibility index (Phi) is 6.39. The molecule has 5 rings (SSSR count). The second-order valence-corrected chi connectivity index (χ2v) is 8.84. The number of hydrogen-bond acceptors (Lipinski definition) is 5. The molecule has 3 heterocycles. The van der Waals surface area contributed by atoms with Gasteiger partial charge in [-0.25, -0.2) is 4.98 Å². The van der Waals surface area contributed by atoms with Gasteiger partial charge in [0.05, 0.1) is 32.3 Å². The van der Waals surface area contributed by atoms with Crippen LogP contribution in [0.3, 0.4) is 0 Å². The first kappa shape index (κ1) is 23.2. The summed E-state index contributed by atoms with van der Waals surface area (Å²) < 4.78 is 25.5. The van der Waals surface area contributed by atoms with E-state index in [2.05, 4.69) is 40.9 Å². The Labute approximate surface area is 210 Å². The SMILES string of the molecule is CCc1c2[n+](cc3c(OCc4ccc(Cl)nc4)c(OC)ccc13)CCc1cc(OC)c(OC)cc1-2. The highest BCUT2D eigenvalue weighted by Gasteiger charge is 2.30. The van der Waals surface area contributed by atoms with E-state index in [0.29, 0.717) is 17.5 Å². The number of nitrogens with zero attached hydrogens (tertiary/aromatic N) is 2. The van der Waals surface area contributed by atoms with Gasteiger partial charge in [-0.05, 0) is 42.3 Å². The fraction of sp³-hybridized carbons (Fsp3) is 0.286. The third-order valence-corrected chi connectivity index (χ3v) is 6.80. The van der Waals surface area contributed by atoms with Gasteiger partial charge in [0.15, 0.2) is 35.7 Å². The van der Waals surface area contributed by atoms with E-state index in [1.807, 2.05) is 12.1 Å². The fourth-order valence-electron chi connectivity index (χ4n) is 4.89.